The molecule has 0 aliphatic rings. The van der Waals surface area contributed by atoms with Crippen molar-refractivity contribution in [2.45, 2.75) is 25.8 Å². The van der Waals surface area contributed by atoms with Gasteiger partial charge < -0.3 is 5.32 Å². The molecule has 0 radical (unpaired) electrons. The zero-order valence-corrected chi connectivity index (χ0v) is 13.4. The van der Waals surface area contributed by atoms with Gasteiger partial charge in [0.2, 0.25) is 0 Å². The Hall–Kier alpha value is -1.09. The molecule has 1 unspecified atom stereocenters. The monoisotopic (exact) mass is 325 g/mol. The summed E-state index contributed by atoms with van der Waals surface area (Å²) in [7, 11) is 0. The van der Waals surface area contributed by atoms with Crippen molar-refractivity contribution in [3.63, 3.8) is 0 Å². The lowest BCUT2D eigenvalue weighted by atomic mass is 9.98. The summed E-state index contributed by atoms with van der Waals surface area (Å²) >= 11 is 12.2. The normalized spacial score (nSPS) is 12.4. The summed E-state index contributed by atoms with van der Waals surface area (Å²) < 4.78 is 14.1. The fraction of sp³-hybridized carbons (Fsp3) is 0.294. The number of nitrogens with one attached hydrogen (secondary N) is 1. The van der Waals surface area contributed by atoms with E-state index in [1.165, 1.54) is 6.07 Å². The maximum Gasteiger partial charge on any atom is 0.128 e. The minimum atomic E-state index is -0.250. The quantitative estimate of drug-likeness (QED) is 0.748. The molecule has 0 aliphatic carbocycles. The molecular formula is C17H18Cl2FN. The third kappa shape index (κ3) is 4.44. The lowest BCUT2D eigenvalue weighted by Gasteiger charge is -2.20. The second-order valence-electron chi connectivity index (χ2n) is 4.97. The average molecular weight is 326 g/mol. The minimum Gasteiger partial charge on any atom is -0.310 e. The molecule has 2 aromatic carbocycles. The molecule has 0 spiro atoms. The number of rotatable bonds is 6. The van der Waals surface area contributed by atoms with E-state index in [-0.39, 0.29) is 11.9 Å². The molecule has 1 nitrogen and oxygen atoms in total. The average Bonchev–Trinajstić information content (AvgIpc) is 2.48. The first kappa shape index (κ1) is 16.3. The van der Waals surface area contributed by atoms with Gasteiger partial charge in [0.05, 0.1) is 0 Å². The highest BCUT2D eigenvalue weighted by atomic mass is 35.5. The third-order valence-electron chi connectivity index (χ3n) is 3.36. The maximum absolute atomic E-state index is 14.1. The van der Waals surface area contributed by atoms with Crippen molar-refractivity contribution < 1.29 is 4.39 Å². The fourth-order valence-electron chi connectivity index (χ4n) is 2.28. The SMILES string of the molecule is CCCNC(Cc1ccccc1Cl)c1cc(Cl)ccc1F. The maximum atomic E-state index is 14.1. The highest BCUT2D eigenvalue weighted by molar-refractivity contribution is 6.31. The molecule has 2 aromatic rings. The number of benzene rings is 2. The van der Waals surface area contributed by atoms with Gasteiger partial charge in [0.25, 0.3) is 0 Å². The van der Waals surface area contributed by atoms with Crippen LogP contribution in [-0.2, 0) is 6.42 Å². The number of hydrogen-bond donors (Lipinski definition) is 1. The van der Waals surface area contributed by atoms with Crippen LogP contribution in [0.1, 0.15) is 30.5 Å². The van der Waals surface area contributed by atoms with Gasteiger partial charge in [0, 0.05) is 21.7 Å². The van der Waals surface area contributed by atoms with Crippen LogP contribution >= 0.6 is 23.2 Å². The molecule has 1 N–H and O–H groups in total. The van der Waals surface area contributed by atoms with Crippen LogP contribution in [-0.4, -0.2) is 6.54 Å². The van der Waals surface area contributed by atoms with E-state index < -0.39 is 0 Å². The van der Waals surface area contributed by atoms with Crippen LogP contribution in [0.3, 0.4) is 0 Å². The Morgan fingerprint density at radius 2 is 1.90 bits per heavy atom. The molecular weight excluding hydrogens is 308 g/mol. The zero-order valence-electron chi connectivity index (χ0n) is 11.9. The third-order valence-corrected chi connectivity index (χ3v) is 3.96. The Morgan fingerprint density at radius 3 is 2.62 bits per heavy atom. The van der Waals surface area contributed by atoms with E-state index in [2.05, 4.69) is 12.2 Å². The van der Waals surface area contributed by atoms with E-state index in [0.29, 0.717) is 22.0 Å². The van der Waals surface area contributed by atoms with Crippen LogP contribution in [0.5, 0.6) is 0 Å². The van der Waals surface area contributed by atoms with Gasteiger partial charge >= 0.3 is 0 Å². The van der Waals surface area contributed by atoms with Crippen molar-refractivity contribution in [3.8, 4) is 0 Å². The van der Waals surface area contributed by atoms with Crippen LogP contribution in [0, 0.1) is 5.82 Å². The van der Waals surface area contributed by atoms with Gasteiger partial charge in [-0.2, -0.15) is 0 Å². The van der Waals surface area contributed by atoms with Crippen LogP contribution in [0.2, 0.25) is 10.0 Å². The molecule has 0 heterocycles. The van der Waals surface area contributed by atoms with E-state index in [0.717, 1.165) is 18.5 Å². The topological polar surface area (TPSA) is 12.0 Å². The first-order chi connectivity index (χ1) is 10.1. The van der Waals surface area contributed by atoms with Crippen LogP contribution < -0.4 is 5.32 Å². The van der Waals surface area contributed by atoms with Gasteiger partial charge in [0.1, 0.15) is 5.82 Å². The summed E-state index contributed by atoms with van der Waals surface area (Å²) in [5.41, 5.74) is 1.57. The van der Waals surface area contributed by atoms with E-state index in [9.17, 15) is 4.39 Å². The Morgan fingerprint density at radius 1 is 1.14 bits per heavy atom. The van der Waals surface area contributed by atoms with Gasteiger partial charge in [-0.25, -0.2) is 4.39 Å². The molecule has 0 aromatic heterocycles. The molecule has 112 valence electrons. The molecule has 0 saturated heterocycles. The van der Waals surface area contributed by atoms with Crippen molar-refractivity contribution in [1.82, 2.24) is 5.32 Å². The van der Waals surface area contributed by atoms with Crippen LogP contribution in [0.15, 0.2) is 42.5 Å². The predicted molar refractivity (Wildman–Crippen MR) is 87.6 cm³/mol. The highest BCUT2D eigenvalue weighted by Crippen LogP contribution is 2.27. The standard InChI is InChI=1S/C17H18Cl2FN/c1-2-9-21-17(10-12-5-3-4-6-15(12)19)14-11-13(18)7-8-16(14)20/h3-8,11,17,21H,2,9-10H2,1H3. The van der Waals surface area contributed by atoms with Crippen molar-refractivity contribution in [1.29, 1.82) is 0 Å². The Labute approximate surface area is 135 Å². The summed E-state index contributed by atoms with van der Waals surface area (Å²) in [5, 5.41) is 4.61. The second-order valence-corrected chi connectivity index (χ2v) is 5.81. The number of halogens is 3. The summed E-state index contributed by atoms with van der Waals surface area (Å²) in [5.74, 6) is -0.250. The summed E-state index contributed by atoms with van der Waals surface area (Å²) in [4.78, 5) is 0. The van der Waals surface area contributed by atoms with Crippen molar-refractivity contribution in [3.05, 3.63) is 69.5 Å². The molecule has 4 heteroatoms. The van der Waals surface area contributed by atoms with Crippen molar-refractivity contribution in [2.75, 3.05) is 6.54 Å². The van der Waals surface area contributed by atoms with Gasteiger partial charge in [-0.3, -0.25) is 0 Å². The largest absolute Gasteiger partial charge is 0.310 e. The van der Waals surface area contributed by atoms with Crippen molar-refractivity contribution in [2.24, 2.45) is 0 Å². The zero-order chi connectivity index (χ0) is 15.2. The van der Waals surface area contributed by atoms with E-state index >= 15 is 0 Å². The molecule has 0 amide bonds. The second kappa shape index (κ2) is 7.79. The van der Waals surface area contributed by atoms with Gasteiger partial charge in [-0.05, 0) is 49.2 Å². The lowest BCUT2D eigenvalue weighted by Crippen LogP contribution is -2.25. The van der Waals surface area contributed by atoms with Gasteiger partial charge in [0.15, 0.2) is 0 Å². The summed E-state index contributed by atoms with van der Waals surface area (Å²) in [6.07, 6.45) is 1.60. The molecule has 0 fully saturated rings. The molecule has 2 rings (SSSR count). The first-order valence-corrected chi connectivity index (χ1v) is 7.79. The van der Waals surface area contributed by atoms with Gasteiger partial charge in [-0.15, -0.1) is 0 Å². The van der Waals surface area contributed by atoms with Crippen LogP contribution in [0.4, 0.5) is 4.39 Å². The lowest BCUT2D eigenvalue weighted by molar-refractivity contribution is 0.497. The van der Waals surface area contributed by atoms with Gasteiger partial charge in [-0.1, -0.05) is 48.3 Å². The van der Waals surface area contributed by atoms with E-state index in [4.69, 9.17) is 23.2 Å². The highest BCUT2D eigenvalue weighted by Gasteiger charge is 2.17. The Kier molecular flexibility index (Phi) is 6.04. The summed E-state index contributed by atoms with van der Waals surface area (Å²) in [6.45, 7) is 2.88. The molecule has 0 saturated carbocycles. The molecule has 1 atom stereocenters. The number of hydrogen-bond acceptors (Lipinski definition) is 1. The predicted octanol–water partition coefficient (Wildman–Crippen LogP) is 5.42. The minimum absolute atomic E-state index is 0.149. The fourth-order valence-corrected chi connectivity index (χ4v) is 2.67. The van der Waals surface area contributed by atoms with Crippen molar-refractivity contribution >= 4 is 23.2 Å². The van der Waals surface area contributed by atoms with Crippen LogP contribution in [0.25, 0.3) is 0 Å². The Bertz CT molecular complexity index is 601. The van der Waals surface area contributed by atoms with E-state index in [1.807, 2.05) is 24.3 Å². The smallest absolute Gasteiger partial charge is 0.128 e. The van der Waals surface area contributed by atoms with E-state index in [1.54, 1.807) is 12.1 Å². The molecule has 0 bridgehead atoms. The Balaban J connectivity index is 2.30. The molecule has 21 heavy (non-hydrogen) atoms. The molecule has 0 aliphatic heterocycles. The first-order valence-electron chi connectivity index (χ1n) is 7.03. The summed E-state index contributed by atoms with van der Waals surface area (Å²) in [6, 6.07) is 12.1.